The Morgan fingerprint density at radius 3 is 0.885 bits per heavy atom. The molecule has 148 heavy (non-hydrogen) atoms. The number of nitrogens with one attached hydrogen (secondary N) is 13. The van der Waals surface area contributed by atoms with Gasteiger partial charge in [0.25, 0.3) is 22.2 Å². The molecule has 66 heteroatoms. The zero-order valence-electron chi connectivity index (χ0n) is 79.7. The highest BCUT2D eigenvalue weighted by molar-refractivity contribution is 5.91. The Hall–Kier alpha value is -18.9. The smallest absolute Gasteiger partial charge is 0.349 e. The van der Waals surface area contributed by atoms with Crippen LogP contribution in [0.1, 0.15) is 30.4 Å². The first-order valence-corrected chi connectivity index (χ1v) is 44.9. The third kappa shape index (κ3) is 36.0. The average molecular weight is 2080 g/mol. The van der Waals surface area contributed by atoms with E-state index in [4.69, 9.17) is 40.1 Å². The van der Waals surface area contributed by atoms with Gasteiger partial charge in [0, 0.05) is 140 Å². The van der Waals surface area contributed by atoms with Gasteiger partial charge in [-0.1, -0.05) is 6.42 Å². The van der Waals surface area contributed by atoms with Gasteiger partial charge in [-0.05, 0) is 57.5 Å². The van der Waals surface area contributed by atoms with Crippen LogP contribution < -0.4 is 150 Å². The van der Waals surface area contributed by atoms with Gasteiger partial charge < -0.3 is 117 Å². The number of nitrogen functional groups attached to an aromatic ring is 4. The number of hydrogen-bond donors (Lipinski definition) is 20. The molecule has 27 N–H and O–H groups in total. The van der Waals surface area contributed by atoms with E-state index in [0.717, 1.165) is 87.8 Å². The van der Waals surface area contributed by atoms with Crippen LogP contribution in [-0.2, 0) is 123 Å². The van der Waals surface area contributed by atoms with Gasteiger partial charge in [0.1, 0.15) is 80.1 Å². The summed E-state index contributed by atoms with van der Waals surface area (Å²) < 4.78 is 5.36. The molecule has 16 amide bonds. The van der Waals surface area contributed by atoms with Crippen LogP contribution in [0.5, 0.6) is 0 Å². The number of nitrogens with two attached hydrogens (primary N) is 7. The van der Waals surface area contributed by atoms with Crippen LogP contribution in [0.2, 0.25) is 0 Å². The maximum atomic E-state index is 14.6. The molecule has 8 aromatic heterocycles. The third-order valence-electron chi connectivity index (χ3n) is 21.5. The minimum atomic E-state index is -1.39. The monoisotopic (exact) mass is 2070 g/mol. The summed E-state index contributed by atoms with van der Waals surface area (Å²) in [6.45, 7) is -17.4. The molecule has 0 radical (unpaired) electrons. The fourth-order valence-corrected chi connectivity index (χ4v) is 13.7. The van der Waals surface area contributed by atoms with E-state index in [1.165, 1.54) is 44.3 Å². The molecule has 8 heterocycles. The van der Waals surface area contributed by atoms with E-state index in [9.17, 15) is 134 Å². The highest BCUT2D eigenvalue weighted by Crippen LogP contribution is 2.08. The second-order valence-electron chi connectivity index (χ2n) is 32.7. The molecule has 796 valence electrons. The standard InChI is InChI=1S/C82H110N38O28/c1-46-30-118(80(146)104-70(46)136)43-65(133)109(24-13-92-54(122)32-108(62(130)40-115-19-7-50(86)99-77(115)143)23-12-91-58(126)36-112(28-17-96-72(138)48(84)5-3-4-10-83)64(132)42-117-21-9-52(88)101-79(117)145)35-57(125)95-16-27-113(67(135)45-120-69-68(74(140)106-82(120)148)73(139)103-75(141)102-69)37-59(127)94-14-25-110(66(134)44-119-31-47(2)71(137)105-81(119)147)34-56(124)90-11-22-107(61(129)39-114-18-6-49(85)98-76(114)142)33-55(123)93-15-26-111(38-60(128)97-29-53(89)121)63(131)41-116-20-8-51(87)100-78(116)144/h6-9,18-21,30-31,48H,3-5,10-17,22-29,32-45,83-84H2,1-2H3,(H2,89,121)(H,90,124)(H,91,126)(H,92,122)(H,93,123)(H,94,127)(H,95,125)(H,96,138)(H,97,128)(H2,85,98,142)(H2,86,99,143)(H2,87,100,144)(H2,88,101,145)(H,104,136,146)(H,105,137,147)(H,106,140,148)(H2,102,103,139,141)/t48-/m0/s1. The van der Waals surface area contributed by atoms with Crippen molar-refractivity contribution in [1.82, 2.24) is 154 Å². The Balaban J connectivity index is 0.979. The summed E-state index contributed by atoms with van der Waals surface area (Å²) >= 11 is 0. The molecule has 8 aromatic rings. The maximum absolute atomic E-state index is 14.6. The van der Waals surface area contributed by atoms with Gasteiger partial charge in [0.15, 0.2) is 0 Å². The summed E-state index contributed by atoms with van der Waals surface area (Å²) in [6, 6.07) is 3.86. The number of H-pyrrole nitrogens is 5. The molecule has 0 saturated carbocycles. The Morgan fingerprint density at radius 2 is 0.601 bits per heavy atom. The number of carbonyl (C=O) groups is 16. The number of hydrogen-bond acceptors (Lipinski definition) is 38. The number of rotatable bonds is 56. The fraction of sp³-hybridized carbons (Fsp3) is 0.439. The molecule has 0 spiro atoms. The summed E-state index contributed by atoms with van der Waals surface area (Å²) in [5.74, 6) is -16.2. The number of carbonyl (C=O) groups excluding carboxylic acids is 16. The molecule has 0 aliphatic heterocycles. The molecule has 0 saturated heterocycles. The van der Waals surface area contributed by atoms with Crippen molar-refractivity contribution >= 4 is 129 Å². The molecule has 66 nitrogen and oxygen atoms in total. The van der Waals surface area contributed by atoms with Crippen molar-refractivity contribution < 1.29 is 76.7 Å². The lowest BCUT2D eigenvalue weighted by atomic mass is 10.1. The second-order valence-corrected chi connectivity index (χ2v) is 32.7. The van der Waals surface area contributed by atoms with Crippen LogP contribution in [0.3, 0.4) is 0 Å². The first-order chi connectivity index (χ1) is 70.1. The highest BCUT2D eigenvalue weighted by atomic mass is 16.2. The van der Waals surface area contributed by atoms with Crippen molar-refractivity contribution in [3.63, 3.8) is 0 Å². The van der Waals surface area contributed by atoms with Crippen LogP contribution in [0.25, 0.3) is 11.0 Å². The molecule has 0 fully saturated rings. The van der Waals surface area contributed by atoms with E-state index in [1.54, 1.807) is 4.98 Å². The lowest BCUT2D eigenvalue weighted by Crippen LogP contribution is -2.51. The minimum absolute atomic E-state index is 0.0575. The van der Waals surface area contributed by atoms with Crippen LogP contribution in [-0.4, -0.2) is 362 Å². The number of amides is 16. The maximum Gasteiger partial charge on any atom is 0.349 e. The highest BCUT2D eigenvalue weighted by Gasteiger charge is 2.30. The molecule has 0 aliphatic rings. The van der Waals surface area contributed by atoms with Gasteiger partial charge in [0.05, 0.1) is 58.4 Å². The molecule has 0 unspecified atom stereocenters. The lowest BCUT2D eigenvalue weighted by molar-refractivity contribution is -0.138. The first-order valence-electron chi connectivity index (χ1n) is 44.9. The van der Waals surface area contributed by atoms with Gasteiger partial charge in [0.2, 0.25) is 94.5 Å². The van der Waals surface area contributed by atoms with E-state index < -0.39 is 356 Å². The number of anilines is 4. The largest absolute Gasteiger partial charge is 0.383 e. The van der Waals surface area contributed by atoms with Crippen LogP contribution >= 0.6 is 0 Å². The van der Waals surface area contributed by atoms with Crippen molar-refractivity contribution in [3.05, 3.63) is 198 Å². The topological polar surface area (TPSA) is 944 Å². The van der Waals surface area contributed by atoms with Crippen LogP contribution in [0.15, 0.2) is 119 Å². The van der Waals surface area contributed by atoms with E-state index in [0.29, 0.717) is 28.9 Å². The van der Waals surface area contributed by atoms with E-state index >= 15 is 0 Å². The lowest BCUT2D eigenvalue weighted by Gasteiger charge is -2.26. The minimum Gasteiger partial charge on any atom is -0.383 e. The quantitative estimate of drug-likeness (QED) is 0.0157. The summed E-state index contributed by atoms with van der Waals surface area (Å²) in [4.78, 5) is 404. The van der Waals surface area contributed by atoms with Crippen molar-refractivity contribution in [2.24, 2.45) is 17.2 Å². The van der Waals surface area contributed by atoms with Gasteiger partial charge >= 0.3 is 45.5 Å². The van der Waals surface area contributed by atoms with Gasteiger partial charge in [-0.2, -0.15) is 19.9 Å². The van der Waals surface area contributed by atoms with E-state index in [-0.39, 0.29) is 53.9 Å². The summed E-state index contributed by atoms with van der Waals surface area (Å²) in [7, 11) is 0. The van der Waals surface area contributed by atoms with Crippen molar-refractivity contribution in [2.75, 3.05) is 173 Å². The van der Waals surface area contributed by atoms with Gasteiger partial charge in [-0.3, -0.25) is 153 Å². The number of nitrogens with zero attached hydrogens (tertiary/aromatic N) is 18. The van der Waals surface area contributed by atoms with Gasteiger partial charge in [-0.25, -0.2) is 38.4 Å². The number of unbranched alkanes of at least 4 members (excludes halogenated alkanes) is 1. The van der Waals surface area contributed by atoms with Crippen molar-refractivity contribution in [2.45, 2.75) is 85.0 Å². The molecular weight excluding hydrogens is 1970 g/mol. The molecular formula is C82H110N38O28. The van der Waals surface area contributed by atoms with Gasteiger partial charge in [-0.15, -0.1) is 0 Å². The summed E-state index contributed by atoms with van der Waals surface area (Å²) in [5, 5.41) is 18.7. The third-order valence-corrected chi connectivity index (χ3v) is 21.5. The zero-order chi connectivity index (χ0) is 109. The molecule has 1 atom stereocenters. The second kappa shape index (κ2) is 55.0. The van der Waals surface area contributed by atoms with Crippen molar-refractivity contribution in [1.29, 1.82) is 0 Å². The SMILES string of the molecule is Cc1cn(CC(=O)N(CCNC(=O)CN(CCNC(=O)CN(CCNC(=O)CN(CCNC(=O)CN(CCNC(=O)[C@@H](N)CCCCN)C(=O)Cn2ccc(N)nc2=O)C(=O)Cn2ccc(N)nc2=O)C(=O)Cn2cc(C)c(=O)[nH]c2=O)C(=O)Cn2c(=O)[nH]c(=O)c3c(=O)[nH]c(=O)[nH]c32)CC(=O)NCCN(CC(=O)NCCN(CC(=O)NCC(N)=O)C(=O)Cn2ccc(N)nc2=O)C(=O)Cn2ccc(N)nc2=O)c(=O)[nH]c1=O. The zero-order valence-corrected chi connectivity index (χ0v) is 79.7. The Kier molecular flexibility index (Phi) is 42.5. The fourth-order valence-electron chi connectivity index (χ4n) is 13.7. The Bertz CT molecular complexity index is 7010. The average Bonchev–Trinajstić information content (AvgIpc) is 0.766. The predicted octanol–water partition coefficient (Wildman–Crippen LogP) is -19.2. The number of aromatic amines is 5. The Labute approximate surface area is 829 Å². The first kappa shape index (κ1) is 114. The molecule has 0 aliphatic carbocycles. The number of aryl methyl sites for hydroxylation is 2. The predicted molar refractivity (Wildman–Crippen MR) is 514 cm³/mol. The number of aromatic nitrogens is 16. The van der Waals surface area contributed by atoms with E-state index in [2.05, 4.69) is 67.5 Å². The van der Waals surface area contributed by atoms with E-state index in [1.807, 2.05) is 15.0 Å². The number of fused-ring (bicyclic) bond motifs is 1. The molecule has 0 bridgehead atoms. The van der Waals surface area contributed by atoms with Crippen molar-refractivity contribution in [3.8, 4) is 0 Å². The molecule has 8 rings (SSSR count). The summed E-state index contributed by atoms with van der Waals surface area (Å²) in [5.41, 5.74) is 25.3. The summed E-state index contributed by atoms with van der Waals surface area (Å²) in [6.07, 6.45) is 7.99. The van der Waals surface area contributed by atoms with Crippen LogP contribution in [0, 0.1) is 13.8 Å². The molecule has 0 aromatic carbocycles. The Morgan fingerprint density at radius 1 is 0.338 bits per heavy atom. The normalized spacial score (nSPS) is 11.1. The van der Waals surface area contributed by atoms with Crippen LogP contribution in [0.4, 0.5) is 23.3 Å². The number of primary amides is 1.